The first-order valence-electron chi connectivity index (χ1n) is 4.49. The summed E-state index contributed by atoms with van der Waals surface area (Å²) in [4.78, 5) is 11.3. The molecule has 0 aliphatic heterocycles. The van der Waals surface area contributed by atoms with Gasteiger partial charge in [-0.3, -0.25) is 4.79 Å². The summed E-state index contributed by atoms with van der Waals surface area (Å²) in [5.74, 6) is -0.743. The molecule has 1 N–H and O–H groups in total. The topological polar surface area (TPSA) is 58.9 Å². The van der Waals surface area contributed by atoms with Crippen molar-refractivity contribution in [1.29, 1.82) is 0 Å². The SMILES string of the molecule is CCCC(/C=N\O)C(=O)OC(C)C. The standard InChI is InChI=1S/C9H17NO3/c1-4-5-8(6-10-12)9(11)13-7(2)3/h6-8,12H,4-5H2,1-3H3/b10-6-. The van der Waals surface area contributed by atoms with Crippen molar-refractivity contribution in [2.75, 3.05) is 0 Å². The minimum absolute atomic E-state index is 0.126. The number of hydrogen-bond donors (Lipinski definition) is 1. The first-order valence-corrected chi connectivity index (χ1v) is 4.49. The number of carbonyl (C=O) groups is 1. The number of ether oxygens (including phenoxy) is 1. The Hall–Kier alpha value is -1.06. The Kier molecular flexibility index (Phi) is 5.93. The quantitative estimate of drug-likeness (QED) is 0.309. The number of nitrogens with zero attached hydrogens (tertiary/aromatic N) is 1. The third-order valence-corrected chi connectivity index (χ3v) is 1.50. The summed E-state index contributed by atoms with van der Waals surface area (Å²) in [6, 6.07) is 0. The normalized spacial score (nSPS) is 13.5. The lowest BCUT2D eigenvalue weighted by Gasteiger charge is -2.12. The van der Waals surface area contributed by atoms with E-state index in [0.717, 1.165) is 6.42 Å². The van der Waals surface area contributed by atoms with E-state index >= 15 is 0 Å². The van der Waals surface area contributed by atoms with Crippen LogP contribution in [0, 0.1) is 5.92 Å². The third kappa shape index (κ3) is 5.22. The Bertz CT molecular complexity index is 178. The Morgan fingerprint density at radius 3 is 2.62 bits per heavy atom. The molecule has 0 aromatic heterocycles. The van der Waals surface area contributed by atoms with Crippen molar-refractivity contribution in [1.82, 2.24) is 0 Å². The first kappa shape index (κ1) is 11.9. The highest BCUT2D eigenvalue weighted by Crippen LogP contribution is 2.07. The average molecular weight is 187 g/mol. The predicted molar refractivity (Wildman–Crippen MR) is 49.9 cm³/mol. The van der Waals surface area contributed by atoms with E-state index in [2.05, 4.69) is 5.16 Å². The molecule has 0 heterocycles. The molecule has 0 rings (SSSR count). The van der Waals surface area contributed by atoms with E-state index in [-0.39, 0.29) is 12.1 Å². The maximum atomic E-state index is 11.3. The van der Waals surface area contributed by atoms with Crippen LogP contribution in [-0.2, 0) is 9.53 Å². The predicted octanol–water partition coefficient (Wildman–Crippen LogP) is 1.81. The molecule has 0 bridgehead atoms. The van der Waals surface area contributed by atoms with Crippen LogP contribution in [0.4, 0.5) is 0 Å². The van der Waals surface area contributed by atoms with Crippen LogP contribution in [0.2, 0.25) is 0 Å². The summed E-state index contributed by atoms with van der Waals surface area (Å²) in [5.41, 5.74) is 0. The van der Waals surface area contributed by atoms with Crippen LogP contribution < -0.4 is 0 Å². The van der Waals surface area contributed by atoms with Crippen LogP contribution in [0.5, 0.6) is 0 Å². The molecular weight excluding hydrogens is 170 g/mol. The number of hydrogen-bond acceptors (Lipinski definition) is 4. The van der Waals surface area contributed by atoms with Crippen molar-refractivity contribution in [3.05, 3.63) is 0 Å². The molecule has 0 fully saturated rings. The van der Waals surface area contributed by atoms with Crippen LogP contribution in [0.25, 0.3) is 0 Å². The van der Waals surface area contributed by atoms with Gasteiger partial charge in [-0.05, 0) is 20.3 Å². The van der Waals surface area contributed by atoms with Gasteiger partial charge < -0.3 is 9.94 Å². The van der Waals surface area contributed by atoms with Gasteiger partial charge in [0.05, 0.1) is 18.2 Å². The number of oxime groups is 1. The van der Waals surface area contributed by atoms with Gasteiger partial charge in [0.25, 0.3) is 0 Å². The minimum atomic E-state index is -0.419. The summed E-state index contributed by atoms with van der Waals surface area (Å²) in [7, 11) is 0. The van der Waals surface area contributed by atoms with E-state index in [1.807, 2.05) is 6.92 Å². The molecule has 4 heteroatoms. The average Bonchev–Trinajstić information content (AvgIpc) is 2.02. The van der Waals surface area contributed by atoms with Gasteiger partial charge in [0.15, 0.2) is 0 Å². The maximum absolute atomic E-state index is 11.3. The second-order valence-electron chi connectivity index (χ2n) is 3.15. The maximum Gasteiger partial charge on any atom is 0.314 e. The molecule has 0 amide bonds. The largest absolute Gasteiger partial charge is 0.462 e. The number of rotatable bonds is 5. The van der Waals surface area contributed by atoms with Gasteiger partial charge in [-0.1, -0.05) is 13.3 Å². The zero-order valence-corrected chi connectivity index (χ0v) is 8.36. The summed E-state index contributed by atoms with van der Waals surface area (Å²) < 4.78 is 4.98. The van der Waals surface area contributed by atoms with E-state index in [0.29, 0.717) is 6.42 Å². The summed E-state index contributed by atoms with van der Waals surface area (Å²) in [6.45, 7) is 5.54. The molecule has 0 aromatic rings. The van der Waals surface area contributed by atoms with Gasteiger partial charge in [-0.15, -0.1) is 5.16 Å². The molecule has 1 atom stereocenters. The molecule has 4 nitrogen and oxygen atoms in total. The van der Waals surface area contributed by atoms with Crippen molar-refractivity contribution in [2.24, 2.45) is 11.1 Å². The van der Waals surface area contributed by atoms with Crippen molar-refractivity contribution in [2.45, 2.75) is 39.7 Å². The van der Waals surface area contributed by atoms with E-state index in [1.165, 1.54) is 6.21 Å². The number of carbonyl (C=O) groups excluding carboxylic acids is 1. The third-order valence-electron chi connectivity index (χ3n) is 1.50. The molecule has 1 unspecified atom stereocenters. The molecule has 76 valence electrons. The minimum Gasteiger partial charge on any atom is -0.462 e. The molecule has 0 spiro atoms. The monoisotopic (exact) mass is 187 g/mol. The van der Waals surface area contributed by atoms with Gasteiger partial charge in [0.1, 0.15) is 0 Å². The van der Waals surface area contributed by atoms with Crippen LogP contribution in [0.15, 0.2) is 5.16 Å². The molecule has 0 saturated heterocycles. The fourth-order valence-electron chi connectivity index (χ4n) is 0.964. The number of esters is 1. The lowest BCUT2D eigenvalue weighted by atomic mass is 10.1. The van der Waals surface area contributed by atoms with Crippen molar-refractivity contribution in [3.63, 3.8) is 0 Å². The van der Waals surface area contributed by atoms with Gasteiger partial charge in [-0.2, -0.15) is 0 Å². The van der Waals surface area contributed by atoms with Crippen LogP contribution in [0.3, 0.4) is 0 Å². The van der Waals surface area contributed by atoms with Crippen LogP contribution >= 0.6 is 0 Å². The zero-order valence-electron chi connectivity index (χ0n) is 8.36. The van der Waals surface area contributed by atoms with Gasteiger partial charge in [0, 0.05) is 0 Å². The highest BCUT2D eigenvalue weighted by Gasteiger charge is 2.18. The fraction of sp³-hybridized carbons (Fsp3) is 0.778. The van der Waals surface area contributed by atoms with Crippen molar-refractivity contribution in [3.8, 4) is 0 Å². The second-order valence-corrected chi connectivity index (χ2v) is 3.15. The lowest BCUT2D eigenvalue weighted by molar-refractivity contribution is -0.150. The molecule has 0 aliphatic rings. The molecule has 0 aromatic carbocycles. The fourth-order valence-corrected chi connectivity index (χ4v) is 0.964. The smallest absolute Gasteiger partial charge is 0.314 e. The Morgan fingerprint density at radius 1 is 1.62 bits per heavy atom. The van der Waals surface area contributed by atoms with Gasteiger partial charge >= 0.3 is 5.97 Å². The molecular formula is C9H17NO3. The summed E-state index contributed by atoms with van der Waals surface area (Å²) in [6.07, 6.45) is 2.59. The van der Waals surface area contributed by atoms with E-state index < -0.39 is 5.92 Å². The van der Waals surface area contributed by atoms with E-state index in [9.17, 15) is 4.79 Å². The lowest BCUT2D eigenvalue weighted by Crippen LogP contribution is -2.22. The Balaban J connectivity index is 4.11. The van der Waals surface area contributed by atoms with Crippen LogP contribution in [-0.4, -0.2) is 23.5 Å². The van der Waals surface area contributed by atoms with Gasteiger partial charge in [-0.25, -0.2) is 0 Å². The first-order chi connectivity index (χ1) is 6.11. The van der Waals surface area contributed by atoms with E-state index in [1.54, 1.807) is 13.8 Å². The van der Waals surface area contributed by atoms with Crippen LogP contribution in [0.1, 0.15) is 33.6 Å². The van der Waals surface area contributed by atoms with Crippen molar-refractivity contribution < 1.29 is 14.7 Å². The summed E-state index contributed by atoms with van der Waals surface area (Å²) >= 11 is 0. The zero-order chi connectivity index (χ0) is 10.3. The molecule has 0 saturated carbocycles. The Morgan fingerprint density at radius 2 is 2.23 bits per heavy atom. The van der Waals surface area contributed by atoms with Gasteiger partial charge in [0.2, 0.25) is 0 Å². The summed E-state index contributed by atoms with van der Waals surface area (Å²) in [5, 5.41) is 11.2. The highest BCUT2D eigenvalue weighted by molar-refractivity contribution is 5.89. The Labute approximate surface area is 78.6 Å². The molecule has 0 aliphatic carbocycles. The molecule has 0 radical (unpaired) electrons. The van der Waals surface area contributed by atoms with Crippen molar-refractivity contribution >= 4 is 12.2 Å². The second kappa shape index (κ2) is 6.46. The molecule has 13 heavy (non-hydrogen) atoms. The van der Waals surface area contributed by atoms with E-state index in [4.69, 9.17) is 9.94 Å². The highest BCUT2D eigenvalue weighted by atomic mass is 16.5.